The standard InChI is InChI=1S/C23H20/c1-15-12-16(2)14-18(13-15)17(3)23-21-10-6-4-8-19(21)20-9-5-7-11-22(20)23/h4-14H,1-3H3. The van der Waals surface area contributed by atoms with E-state index in [9.17, 15) is 0 Å². The molecule has 0 aromatic heterocycles. The largest absolute Gasteiger partial charge is 0.0616 e. The molecule has 4 rings (SSSR count). The molecule has 0 heteroatoms. The van der Waals surface area contributed by atoms with Crippen LogP contribution >= 0.6 is 0 Å². The second-order valence-electron chi connectivity index (χ2n) is 6.47. The Morgan fingerprint density at radius 1 is 0.609 bits per heavy atom. The van der Waals surface area contributed by atoms with E-state index in [-0.39, 0.29) is 0 Å². The molecule has 23 heavy (non-hydrogen) atoms. The number of fused-ring (bicyclic) bond motifs is 3. The number of rotatable bonds is 1. The van der Waals surface area contributed by atoms with Crippen molar-refractivity contribution in [3.05, 3.63) is 94.5 Å². The number of allylic oxidation sites excluding steroid dienone is 1. The molecule has 1 aliphatic rings. The third kappa shape index (κ3) is 2.22. The van der Waals surface area contributed by atoms with Crippen molar-refractivity contribution in [1.29, 1.82) is 0 Å². The minimum absolute atomic E-state index is 1.32. The van der Waals surface area contributed by atoms with Crippen LogP contribution in [-0.4, -0.2) is 0 Å². The first kappa shape index (κ1) is 14.0. The molecule has 0 spiro atoms. The van der Waals surface area contributed by atoms with Gasteiger partial charge in [0.1, 0.15) is 0 Å². The van der Waals surface area contributed by atoms with Gasteiger partial charge in [0.05, 0.1) is 0 Å². The van der Waals surface area contributed by atoms with Gasteiger partial charge >= 0.3 is 0 Å². The lowest BCUT2D eigenvalue weighted by Crippen LogP contribution is -1.90. The maximum absolute atomic E-state index is 2.29. The monoisotopic (exact) mass is 296 g/mol. The van der Waals surface area contributed by atoms with E-state index in [1.807, 2.05) is 0 Å². The predicted molar refractivity (Wildman–Crippen MR) is 99.4 cm³/mol. The topological polar surface area (TPSA) is 0 Å². The highest BCUT2D eigenvalue weighted by atomic mass is 14.3. The zero-order chi connectivity index (χ0) is 16.0. The summed E-state index contributed by atoms with van der Waals surface area (Å²) in [5.41, 5.74) is 12.1. The van der Waals surface area contributed by atoms with Crippen LogP contribution in [0.4, 0.5) is 0 Å². The number of hydrogen-bond donors (Lipinski definition) is 0. The first-order valence-corrected chi connectivity index (χ1v) is 8.14. The summed E-state index contributed by atoms with van der Waals surface area (Å²) in [4.78, 5) is 0. The molecule has 0 bridgehead atoms. The third-order valence-corrected chi connectivity index (χ3v) is 4.71. The van der Waals surface area contributed by atoms with E-state index < -0.39 is 0 Å². The van der Waals surface area contributed by atoms with Crippen LogP contribution < -0.4 is 0 Å². The number of hydrogen-bond acceptors (Lipinski definition) is 0. The highest BCUT2D eigenvalue weighted by Gasteiger charge is 2.24. The quantitative estimate of drug-likeness (QED) is 0.389. The fourth-order valence-electron chi connectivity index (χ4n) is 3.76. The molecule has 0 radical (unpaired) electrons. The lowest BCUT2D eigenvalue weighted by Gasteiger charge is -2.11. The first-order chi connectivity index (χ1) is 11.1. The predicted octanol–water partition coefficient (Wildman–Crippen LogP) is 6.26. The van der Waals surface area contributed by atoms with Crippen LogP contribution in [-0.2, 0) is 0 Å². The van der Waals surface area contributed by atoms with Crippen LogP contribution in [0.2, 0.25) is 0 Å². The van der Waals surface area contributed by atoms with Gasteiger partial charge in [-0.3, -0.25) is 0 Å². The molecule has 0 unspecified atom stereocenters. The van der Waals surface area contributed by atoms with Crippen molar-refractivity contribution >= 4 is 11.1 Å². The zero-order valence-electron chi connectivity index (χ0n) is 13.9. The van der Waals surface area contributed by atoms with Gasteiger partial charge in [-0.05, 0) is 59.7 Å². The maximum atomic E-state index is 2.29. The Kier molecular flexibility index (Phi) is 3.20. The minimum atomic E-state index is 1.32. The van der Waals surface area contributed by atoms with Gasteiger partial charge in [0.25, 0.3) is 0 Å². The summed E-state index contributed by atoms with van der Waals surface area (Å²) in [6.07, 6.45) is 0. The molecule has 0 saturated heterocycles. The molecule has 0 amide bonds. The van der Waals surface area contributed by atoms with Gasteiger partial charge in [0, 0.05) is 0 Å². The summed E-state index contributed by atoms with van der Waals surface area (Å²) in [5, 5.41) is 0. The lowest BCUT2D eigenvalue weighted by molar-refractivity contribution is 1.36. The summed E-state index contributed by atoms with van der Waals surface area (Å²) >= 11 is 0. The summed E-state index contributed by atoms with van der Waals surface area (Å²) in [7, 11) is 0. The second kappa shape index (κ2) is 5.24. The average Bonchev–Trinajstić information content (AvgIpc) is 2.88. The van der Waals surface area contributed by atoms with Gasteiger partial charge in [0.15, 0.2) is 0 Å². The van der Waals surface area contributed by atoms with Crippen molar-refractivity contribution in [3.8, 4) is 11.1 Å². The van der Waals surface area contributed by atoms with Crippen molar-refractivity contribution in [2.75, 3.05) is 0 Å². The van der Waals surface area contributed by atoms with Crippen LogP contribution in [0.3, 0.4) is 0 Å². The van der Waals surface area contributed by atoms with E-state index in [1.165, 1.54) is 50.1 Å². The summed E-state index contributed by atoms with van der Waals surface area (Å²) in [5.74, 6) is 0. The van der Waals surface area contributed by atoms with Gasteiger partial charge < -0.3 is 0 Å². The van der Waals surface area contributed by atoms with Crippen LogP contribution in [0.25, 0.3) is 22.3 Å². The van der Waals surface area contributed by atoms with Gasteiger partial charge in [-0.25, -0.2) is 0 Å². The minimum Gasteiger partial charge on any atom is -0.0616 e. The molecule has 0 heterocycles. The molecule has 0 fully saturated rings. The van der Waals surface area contributed by atoms with E-state index in [4.69, 9.17) is 0 Å². The van der Waals surface area contributed by atoms with E-state index in [2.05, 4.69) is 87.5 Å². The fourth-order valence-corrected chi connectivity index (χ4v) is 3.76. The lowest BCUT2D eigenvalue weighted by atomic mass is 9.92. The first-order valence-electron chi connectivity index (χ1n) is 8.14. The molecular weight excluding hydrogens is 276 g/mol. The maximum Gasteiger partial charge on any atom is -0.00637 e. The van der Waals surface area contributed by atoms with E-state index in [1.54, 1.807) is 0 Å². The Morgan fingerprint density at radius 3 is 1.52 bits per heavy atom. The number of benzene rings is 3. The molecule has 1 aliphatic carbocycles. The molecule has 0 aliphatic heterocycles. The number of aryl methyl sites for hydroxylation is 2. The highest BCUT2D eigenvalue weighted by molar-refractivity contribution is 6.09. The van der Waals surface area contributed by atoms with Crippen LogP contribution in [0.1, 0.15) is 34.7 Å². The zero-order valence-corrected chi connectivity index (χ0v) is 13.9. The molecule has 3 aromatic carbocycles. The van der Waals surface area contributed by atoms with Gasteiger partial charge in [-0.2, -0.15) is 0 Å². The van der Waals surface area contributed by atoms with Crippen LogP contribution in [0.5, 0.6) is 0 Å². The van der Waals surface area contributed by atoms with Crippen molar-refractivity contribution in [2.45, 2.75) is 20.8 Å². The van der Waals surface area contributed by atoms with Gasteiger partial charge in [0.2, 0.25) is 0 Å². The molecular formula is C23H20. The van der Waals surface area contributed by atoms with Crippen molar-refractivity contribution < 1.29 is 0 Å². The van der Waals surface area contributed by atoms with Crippen LogP contribution in [0.15, 0.2) is 66.7 Å². The Labute approximate surface area is 138 Å². The van der Waals surface area contributed by atoms with E-state index in [0.717, 1.165) is 0 Å². The Hall–Kier alpha value is -2.60. The second-order valence-corrected chi connectivity index (χ2v) is 6.47. The van der Waals surface area contributed by atoms with Crippen molar-refractivity contribution in [1.82, 2.24) is 0 Å². The molecule has 112 valence electrons. The SMILES string of the molecule is CC(=C1c2ccccc2-c2ccccc21)c1cc(C)cc(C)c1. The van der Waals surface area contributed by atoms with Crippen molar-refractivity contribution in [2.24, 2.45) is 0 Å². The van der Waals surface area contributed by atoms with Crippen molar-refractivity contribution in [3.63, 3.8) is 0 Å². The molecule has 0 nitrogen and oxygen atoms in total. The van der Waals surface area contributed by atoms with E-state index in [0.29, 0.717) is 0 Å². The Bertz CT molecular complexity index is 874. The van der Waals surface area contributed by atoms with Crippen LogP contribution in [0, 0.1) is 13.8 Å². The molecule has 0 atom stereocenters. The molecule has 0 N–H and O–H groups in total. The summed E-state index contributed by atoms with van der Waals surface area (Å²) in [6, 6.07) is 24.3. The van der Waals surface area contributed by atoms with Gasteiger partial charge in [-0.1, -0.05) is 77.9 Å². The molecule has 3 aromatic rings. The average molecular weight is 296 g/mol. The van der Waals surface area contributed by atoms with E-state index >= 15 is 0 Å². The fraction of sp³-hybridized carbons (Fsp3) is 0.130. The third-order valence-electron chi connectivity index (χ3n) is 4.71. The highest BCUT2D eigenvalue weighted by Crippen LogP contribution is 2.47. The smallest absolute Gasteiger partial charge is 0.00637 e. The Balaban J connectivity index is 2.04. The van der Waals surface area contributed by atoms with Gasteiger partial charge in [-0.15, -0.1) is 0 Å². The summed E-state index contributed by atoms with van der Waals surface area (Å²) in [6.45, 7) is 6.60. The Morgan fingerprint density at radius 2 is 1.04 bits per heavy atom. The normalized spacial score (nSPS) is 12.0. The summed E-state index contributed by atoms with van der Waals surface area (Å²) < 4.78 is 0. The molecule has 0 saturated carbocycles.